The maximum Gasteiger partial charge on any atom is 0.147 e. The summed E-state index contributed by atoms with van der Waals surface area (Å²) in [6.45, 7) is 1.90. The second-order valence-electron chi connectivity index (χ2n) is 6.64. The second-order valence-corrected chi connectivity index (χ2v) is 7.92. The van der Waals surface area contributed by atoms with Crippen molar-refractivity contribution >= 4 is 51.5 Å². The molecule has 0 aliphatic heterocycles. The predicted molar refractivity (Wildman–Crippen MR) is 119 cm³/mol. The highest BCUT2D eigenvalue weighted by Crippen LogP contribution is 2.39. The summed E-state index contributed by atoms with van der Waals surface area (Å²) in [6.07, 6.45) is 3.21. The van der Waals surface area contributed by atoms with Gasteiger partial charge in [0.05, 0.1) is 11.1 Å². The maximum absolute atomic E-state index is 11.0. The molecule has 29 heavy (non-hydrogen) atoms. The number of rotatable bonds is 4. The van der Waals surface area contributed by atoms with Crippen molar-refractivity contribution in [3.63, 3.8) is 0 Å². The van der Waals surface area contributed by atoms with Crippen LogP contribution in [0.4, 0.5) is 5.82 Å². The minimum Gasteiger partial charge on any atom is -0.505 e. The van der Waals surface area contributed by atoms with Gasteiger partial charge < -0.3 is 10.4 Å². The van der Waals surface area contributed by atoms with Crippen molar-refractivity contribution in [2.24, 2.45) is 0 Å². The molecule has 0 fully saturated rings. The molecule has 0 aliphatic rings. The van der Waals surface area contributed by atoms with E-state index >= 15 is 0 Å². The molecule has 2 N–H and O–H groups in total. The molecule has 0 amide bonds. The van der Waals surface area contributed by atoms with E-state index in [4.69, 9.17) is 34.8 Å². The van der Waals surface area contributed by atoms with E-state index in [0.29, 0.717) is 37.5 Å². The fourth-order valence-corrected chi connectivity index (χ4v) is 3.89. The summed E-state index contributed by atoms with van der Waals surface area (Å²) in [7, 11) is 0. The van der Waals surface area contributed by atoms with Crippen LogP contribution in [0.25, 0.3) is 10.9 Å². The first-order valence-electron chi connectivity index (χ1n) is 8.84. The number of halogens is 3. The van der Waals surface area contributed by atoms with E-state index < -0.39 is 6.04 Å². The zero-order chi connectivity index (χ0) is 20.5. The molecular formula is C22H16Cl3N3O. The topological polar surface area (TPSA) is 58.0 Å². The molecule has 2 heterocycles. The molecule has 2 aromatic carbocycles. The van der Waals surface area contributed by atoms with Gasteiger partial charge in [0.15, 0.2) is 0 Å². The zero-order valence-electron chi connectivity index (χ0n) is 15.3. The van der Waals surface area contributed by atoms with Gasteiger partial charge in [0.2, 0.25) is 0 Å². The van der Waals surface area contributed by atoms with Crippen molar-refractivity contribution in [2.45, 2.75) is 13.0 Å². The third-order valence-electron chi connectivity index (χ3n) is 4.69. The Balaban J connectivity index is 1.91. The van der Waals surface area contributed by atoms with Crippen molar-refractivity contribution in [1.82, 2.24) is 9.97 Å². The van der Waals surface area contributed by atoms with Crippen molar-refractivity contribution in [1.29, 1.82) is 0 Å². The van der Waals surface area contributed by atoms with Gasteiger partial charge in [0.25, 0.3) is 0 Å². The van der Waals surface area contributed by atoms with Gasteiger partial charge in [-0.1, -0.05) is 53.0 Å². The number of benzene rings is 2. The molecule has 146 valence electrons. The van der Waals surface area contributed by atoms with E-state index in [1.165, 1.54) is 0 Å². The van der Waals surface area contributed by atoms with Crippen LogP contribution in [0.15, 0.2) is 60.9 Å². The third-order valence-corrected chi connectivity index (χ3v) is 5.47. The number of aromatic hydroxyl groups is 1. The molecule has 4 aromatic rings. The Morgan fingerprint density at radius 2 is 1.76 bits per heavy atom. The Hall–Kier alpha value is -2.53. The fourth-order valence-electron chi connectivity index (χ4n) is 3.27. The third kappa shape index (κ3) is 3.97. The van der Waals surface area contributed by atoms with Crippen LogP contribution in [0, 0.1) is 6.92 Å². The Labute approximate surface area is 183 Å². The van der Waals surface area contributed by atoms with Gasteiger partial charge in [0, 0.05) is 33.4 Å². The van der Waals surface area contributed by atoms with Crippen LogP contribution < -0.4 is 5.32 Å². The number of aromatic nitrogens is 2. The largest absolute Gasteiger partial charge is 0.505 e. The number of phenols is 1. The summed E-state index contributed by atoms with van der Waals surface area (Å²) in [4.78, 5) is 8.72. The minimum absolute atomic E-state index is 0.0725. The van der Waals surface area contributed by atoms with Gasteiger partial charge in [0.1, 0.15) is 17.1 Å². The second kappa shape index (κ2) is 8.07. The quantitative estimate of drug-likeness (QED) is 0.363. The summed E-state index contributed by atoms with van der Waals surface area (Å²) >= 11 is 18.8. The molecule has 0 saturated heterocycles. The lowest BCUT2D eigenvalue weighted by atomic mass is 9.96. The molecule has 0 radical (unpaired) electrons. The van der Waals surface area contributed by atoms with E-state index in [2.05, 4.69) is 15.3 Å². The first-order chi connectivity index (χ1) is 13.9. The molecule has 4 nitrogen and oxygen atoms in total. The smallest absolute Gasteiger partial charge is 0.147 e. The maximum atomic E-state index is 11.0. The normalized spacial score (nSPS) is 12.1. The Bertz CT molecular complexity index is 1210. The highest BCUT2D eigenvalue weighted by atomic mass is 35.5. The fraction of sp³-hybridized carbons (Fsp3) is 0.0909. The van der Waals surface area contributed by atoms with Crippen LogP contribution in [0.2, 0.25) is 15.1 Å². The first kappa shape index (κ1) is 19.8. The first-order valence-corrected chi connectivity index (χ1v) is 9.97. The summed E-state index contributed by atoms with van der Waals surface area (Å²) in [6, 6.07) is 14.0. The molecule has 0 bridgehead atoms. The van der Waals surface area contributed by atoms with Gasteiger partial charge in [-0.25, -0.2) is 4.98 Å². The highest BCUT2D eigenvalue weighted by Gasteiger charge is 2.23. The van der Waals surface area contributed by atoms with E-state index in [-0.39, 0.29) is 5.75 Å². The van der Waals surface area contributed by atoms with Crippen molar-refractivity contribution in [3.8, 4) is 5.75 Å². The Kier molecular flexibility index (Phi) is 5.50. The van der Waals surface area contributed by atoms with Gasteiger partial charge in [-0.15, -0.1) is 0 Å². The number of pyridine rings is 2. The van der Waals surface area contributed by atoms with Gasteiger partial charge in [-0.05, 0) is 48.4 Å². The Morgan fingerprint density at radius 3 is 2.55 bits per heavy atom. The molecule has 0 saturated carbocycles. The van der Waals surface area contributed by atoms with Crippen LogP contribution in [-0.2, 0) is 0 Å². The summed E-state index contributed by atoms with van der Waals surface area (Å²) < 4.78 is 0. The number of phenolic OH excluding ortho intramolecular Hbond substituents is 1. The molecular weight excluding hydrogens is 429 g/mol. The molecule has 7 heteroatoms. The lowest BCUT2D eigenvalue weighted by Crippen LogP contribution is -2.15. The molecule has 1 atom stereocenters. The minimum atomic E-state index is -0.514. The number of anilines is 1. The van der Waals surface area contributed by atoms with E-state index in [1.807, 2.05) is 37.3 Å². The lowest BCUT2D eigenvalue weighted by Gasteiger charge is -2.24. The lowest BCUT2D eigenvalue weighted by molar-refractivity contribution is 0.471. The van der Waals surface area contributed by atoms with Crippen molar-refractivity contribution in [3.05, 3.63) is 92.7 Å². The number of nitrogens with one attached hydrogen (secondary N) is 1. The Morgan fingerprint density at radius 1 is 0.931 bits per heavy atom. The van der Waals surface area contributed by atoms with Gasteiger partial charge in [-0.2, -0.15) is 0 Å². The van der Waals surface area contributed by atoms with Crippen LogP contribution in [0.1, 0.15) is 22.7 Å². The standard InChI is InChI=1S/C22H16Cl3N3O/c1-12-9-15(24)11-27-22(12)28-20(17-10-14(23)5-7-18(17)25)16-6-4-13-3-2-8-26-19(13)21(16)29/h2-11,20,29H,1H3,(H,27,28). The van der Waals surface area contributed by atoms with Crippen LogP contribution >= 0.6 is 34.8 Å². The van der Waals surface area contributed by atoms with E-state index in [0.717, 1.165) is 10.9 Å². The monoisotopic (exact) mass is 443 g/mol. The van der Waals surface area contributed by atoms with E-state index in [9.17, 15) is 5.11 Å². The predicted octanol–water partition coefficient (Wildman–Crippen LogP) is 6.81. The summed E-state index contributed by atoms with van der Waals surface area (Å²) in [5, 5.41) is 16.8. The number of hydrogen-bond acceptors (Lipinski definition) is 4. The SMILES string of the molecule is Cc1cc(Cl)cnc1NC(c1cc(Cl)ccc1Cl)c1ccc2cccnc2c1O. The van der Waals surface area contributed by atoms with Crippen LogP contribution in [0.5, 0.6) is 5.75 Å². The number of fused-ring (bicyclic) bond motifs is 1. The van der Waals surface area contributed by atoms with E-state index in [1.54, 1.807) is 30.6 Å². The average Bonchev–Trinajstić information content (AvgIpc) is 2.70. The van der Waals surface area contributed by atoms with Crippen molar-refractivity contribution < 1.29 is 5.11 Å². The molecule has 2 aromatic heterocycles. The summed E-state index contributed by atoms with van der Waals surface area (Å²) in [5.41, 5.74) is 2.69. The average molecular weight is 445 g/mol. The van der Waals surface area contributed by atoms with Crippen LogP contribution in [-0.4, -0.2) is 15.1 Å². The molecule has 4 rings (SSSR count). The van der Waals surface area contributed by atoms with Gasteiger partial charge >= 0.3 is 0 Å². The van der Waals surface area contributed by atoms with Gasteiger partial charge in [-0.3, -0.25) is 4.98 Å². The number of aryl methyl sites for hydroxylation is 1. The highest BCUT2D eigenvalue weighted by molar-refractivity contribution is 6.33. The molecule has 0 spiro atoms. The zero-order valence-corrected chi connectivity index (χ0v) is 17.6. The molecule has 1 unspecified atom stereocenters. The summed E-state index contributed by atoms with van der Waals surface area (Å²) in [5.74, 6) is 0.694. The number of nitrogens with zero attached hydrogens (tertiary/aromatic N) is 2. The van der Waals surface area contributed by atoms with Crippen LogP contribution in [0.3, 0.4) is 0 Å². The molecule has 0 aliphatic carbocycles. The number of hydrogen-bond donors (Lipinski definition) is 2. The van der Waals surface area contributed by atoms with Crippen molar-refractivity contribution in [2.75, 3.05) is 5.32 Å².